The van der Waals surface area contributed by atoms with Crippen molar-refractivity contribution >= 4 is 29.5 Å². The maximum absolute atomic E-state index is 11.7. The minimum atomic E-state index is -0.497. The van der Waals surface area contributed by atoms with Crippen molar-refractivity contribution in [2.45, 2.75) is 46.5 Å². The standard InChI is InChI=1S/C19H31N5O5.C2H6/c1-3-4-10-23(2)11-5-9-20-16(26)13-22-17(27)14-21-15(25)8-12-24-18(28)6-7-19(24)29;1-2/h6-7H,3-5,8-14H2,1-2H3,(H,20,26)(H,21,25)(H,22,27);1-2H3. The van der Waals surface area contributed by atoms with Crippen molar-refractivity contribution in [3.05, 3.63) is 12.2 Å². The number of carbonyl (C=O) groups excluding carboxylic acids is 5. The normalized spacial score (nSPS) is 12.5. The summed E-state index contributed by atoms with van der Waals surface area (Å²) in [6.45, 7) is 8.11. The SMILES string of the molecule is CC.CCCCN(C)CCCNC(=O)CNC(=O)CNC(=O)CCN1C(=O)C=CC1=O. The van der Waals surface area contributed by atoms with Gasteiger partial charge in [-0.3, -0.25) is 28.9 Å². The molecule has 0 saturated carbocycles. The van der Waals surface area contributed by atoms with Crippen LogP contribution < -0.4 is 16.0 Å². The van der Waals surface area contributed by atoms with Gasteiger partial charge in [0.1, 0.15) is 0 Å². The highest BCUT2D eigenvalue weighted by molar-refractivity contribution is 6.13. The van der Waals surface area contributed by atoms with E-state index in [1.807, 2.05) is 20.9 Å². The van der Waals surface area contributed by atoms with E-state index in [2.05, 4.69) is 27.8 Å². The van der Waals surface area contributed by atoms with E-state index in [9.17, 15) is 24.0 Å². The molecule has 0 spiro atoms. The number of nitrogens with zero attached hydrogens (tertiary/aromatic N) is 2. The molecule has 0 saturated heterocycles. The minimum Gasteiger partial charge on any atom is -0.355 e. The summed E-state index contributed by atoms with van der Waals surface area (Å²) in [5.41, 5.74) is 0. The van der Waals surface area contributed by atoms with Crippen molar-refractivity contribution < 1.29 is 24.0 Å². The lowest BCUT2D eigenvalue weighted by Gasteiger charge is -2.16. The summed E-state index contributed by atoms with van der Waals surface area (Å²) in [7, 11) is 2.05. The van der Waals surface area contributed by atoms with Gasteiger partial charge in [0.15, 0.2) is 0 Å². The molecule has 5 amide bonds. The molecular weight excluding hydrogens is 402 g/mol. The Kier molecular flexibility index (Phi) is 15.5. The third kappa shape index (κ3) is 13.2. The number of hydrogen-bond acceptors (Lipinski definition) is 6. The van der Waals surface area contributed by atoms with E-state index in [-0.39, 0.29) is 32.0 Å². The lowest BCUT2D eigenvalue weighted by Crippen LogP contribution is -2.43. The van der Waals surface area contributed by atoms with Crippen LogP contribution in [-0.2, 0) is 24.0 Å². The number of imide groups is 1. The highest BCUT2D eigenvalue weighted by atomic mass is 16.2. The Bertz CT molecular complexity index is 618. The van der Waals surface area contributed by atoms with Gasteiger partial charge >= 0.3 is 0 Å². The topological polar surface area (TPSA) is 128 Å². The Hall–Kier alpha value is -2.75. The Balaban J connectivity index is 0.00000436. The number of amides is 5. The van der Waals surface area contributed by atoms with Gasteiger partial charge < -0.3 is 20.9 Å². The van der Waals surface area contributed by atoms with Crippen LogP contribution in [0.4, 0.5) is 0 Å². The maximum Gasteiger partial charge on any atom is 0.253 e. The van der Waals surface area contributed by atoms with E-state index in [4.69, 9.17) is 0 Å². The quantitative estimate of drug-likeness (QED) is 0.254. The van der Waals surface area contributed by atoms with Crippen LogP contribution in [-0.4, -0.2) is 85.7 Å². The average molecular weight is 440 g/mol. The predicted octanol–water partition coefficient (Wildman–Crippen LogP) is -0.202. The van der Waals surface area contributed by atoms with Gasteiger partial charge in [-0.1, -0.05) is 27.2 Å². The minimum absolute atomic E-state index is 0.0475. The molecule has 0 aromatic heterocycles. The second-order valence-corrected chi connectivity index (χ2v) is 6.83. The number of carbonyl (C=O) groups is 5. The molecule has 176 valence electrons. The summed E-state index contributed by atoms with van der Waals surface area (Å²) in [5.74, 6) is -2.18. The van der Waals surface area contributed by atoms with Gasteiger partial charge in [-0.05, 0) is 33.0 Å². The van der Waals surface area contributed by atoms with Crippen LogP contribution in [0.5, 0.6) is 0 Å². The van der Waals surface area contributed by atoms with Crippen LogP contribution in [0, 0.1) is 0 Å². The van der Waals surface area contributed by atoms with Crippen LogP contribution >= 0.6 is 0 Å². The van der Waals surface area contributed by atoms with E-state index in [1.165, 1.54) is 0 Å². The first-order chi connectivity index (χ1) is 14.8. The van der Waals surface area contributed by atoms with Crippen LogP contribution in [0.2, 0.25) is 0 Å². The molecule has 1 aliphatic rings. The lowest BCUT2D eigenvalue weighted by molar-refractivity contribution is -0.137. The van der Waals surface area contributed by atoms with E-state index in [1.54, 1.807) is 0 Å². The second-order valence-electron chi connectivity index (χ2n) is 6.83. The molecule has 31 heavy (non-hydrogen) atoms. The number of rotatable bonds is 14. The fourth-order valence-electron chi connectivity index (χ4n) is 2.55. The highest BCUT2D eigenvalue weighted by Crippen LogP contribution is 2.03. The smallest absolute Gasteiger partial charge is 0.253 e. The summed E-state index contributed by atoms with van der Waals surface area (Å²) >= 11 is 0. The molecule has 0 aromatic carbocycles. The first-order valence-corrected chi connectivity index (χ1v) is 10.9. The van der Waals surface area contributed by atoms with Gasteiger partial charge in [0, 0.05) is 31.7 Å². The van der Waals surface area contributed by atoms with Crippen molar-refractivity contribution in [2.75, 3.05) is 46.3 Å². The third-order valence-corrected chi connectivity index (χ3v) is 4.29. The van der Waals surface area contributed by atoms with E-state index in [0.29, 0.717) is 6.54 Å². The van der Waals surface area contributed by atoms with Crippen molar-refractivity contribution in [3.8, 4) is 0 Å². The van der Waals surface area contributed by atoms with Crippen molar-refractivity contribution in [1.29, 1.82) is 0 Å². The second kappa shape index (κ2) is 17.0. The van der Waals surface area contributed by atoms with Gasteiger partial charge in [-0.25, -0.2) is 0 Å². The predicted molar refractivity (Wildman–Crippen MR) is 118 cm³/mol. The summed E-state index contributed by atoms with van der Waals surface area (Å²) < 4.78 is 0. The van der Waals surface area contributed by atoms with Gasteiger partial charge in [0.05, 0.1) is 13.1 Å². The maximum atomic E-state index is 11.7. The summed E-state index contributed by atoms with van der Waals surface area (Å²) in [5, 5.41) is 7.54. The van der Waals surface area contributed by atoms with Gasteiger partial charge in [-0.2, -0.15) is 0 Å². The average Bonchev–Trinajstić information content (AvgIpc) is 3.09. The zero-order chi connectivity index (χ0) is 23.6. The molecule has 3 N–H and O–H groups in total. The molecule has 0 unspecified atom stereocenters. The summed E-state index contributed by atoms with van der Waals surface area (Å²) in [4.78, 5) is 61.0. The lowest BCUT2D eigenvalue weighted by atomic mass is 10.3. The molecule has 10 nitrogen and oxygen atoms in total. The molecule has 0 aliphatic carbocycles. The summed E-state index contributed by atoms with van der Waals surface area (Å²) in [6.07, 6.45) is 5.31. The molecule has 0 bridgehead atoms. The Morgan fingerprint density at radius 3 is 1.97 bits per heavy atom. The van der Waals surface area contributed by atoms with Crippen LogP contribution in [0.3, 0.4) is 0 Å². The molecule has 1 heterocycles. The summed E-state index contributed by atoms with van der Waals surface area (Å²) in [6, 6.07) is 0. The van der Waals surface area contributed by atoms with Gasteiger partial charge in [0.2, 0.25) is 17.7 Å². The molecule has 0 radical (unpaired) electrons. The van der Waals surface area contributed by atoms with Crippen molar-refractivity contribution in [3.63, 3.8) is 0 Å². The first kappa shape index (κ1) is 28.2. The first-order valence-electron chi connectivity index (χ1n) is 10.9. The molecule has 10 heteroatoms. The van der Waals surface area contributed by atoms with Gasteiger partial charge in [0.25, 0.3) is 11.8 Å². The third-order valence-electron chi connectivity index (χ3n) is 4.29. The fourth-order valence-corrected chi connectivity index (χ4v) is 2.55. The molecule has 0 atom stereocenters. The number of nitrogens with one attached hydrogen (secondary N) is 3. The van der Waals surface area contributed by atoms with Crippen molar-refractivity contribution in [2.24, 2.45) is 0 Å². The van der Waals surface area contributed by atoms with Crippen LogP contribution in [0.25, 0.3) is 0 Å². The number of hydrogen-bond donors (Lipinski definition) is 3. The van der Waals surface area contributed by atoms with E-state index < -0.39 is 23.6 Å². The largest absolute Gasteiger partial charge is 0.355 e. The zero-order valence-electron chi connectivity index (χ0n) is 19.2. The zero-order valence-corrected chi connectivity index (χ0v) is 19.2. The molecular formula is C21H37N5O5. The Morgan fingerprint density at radius 2 is 1.39 bits per heavy atom. The van der Waals surface area contributed by atoms with E-state index in [0.717, 1.165) is 49.4 Å². The Labute approximate surface area is 184 Å². The monoisotopic (exact) mass is 439 g/mol. The molecule has 0 aromatic rings. The van der Waals surface area contributed by atoms with Gasteiger partial charge in [-0.15, -0.1) is 0 Å². The highest BCUT2D eigenvalue weighted by Gasteiger charge is 2.23. The number of unbranched alkanes of at least 4 members (excludes halogenated alkanes) is 1. The van der Waals surface area contributed by atoms with E-state index >= 15 is 0 Å². The molecule has 0 fully saturated rings. The Morgan fingerprint density at radius 1 is 0.871 bits per heavy atom. The van der Waals surface area contributed by atoms with Crippen molar-refractivity contribution in [1.82, 2.24) is 25.8 Å². The molecule has 1 rings (SSSR count). The van der Waals surface area contributed by atoms with Crippen LogP contribution in [0.1, 0.15) is 46.5 Å². The molecule has 1 aliphatic heterocycles. The fraction of sp³-hybridized carbons (Fsp3) is 0.667. The van der Waals surface area contributed by atoms with Crippen LogP contribution in [0.15, 0.2) is 12.2 Å².